The summed E-state index contributed by atoms with van der Waals surface area (Å²) >= 11 is 2.53. The minimum Gasteiger partial charge on any atom is -0.347 e. The number of hydrogen-bond donors (Lipinski definition) is 1. The molecule has 1 atom stereocenters. The van der Waals surface area contributed by atoms with E-state index in [2.05, 4.69) is 10.2 Å². The highest BCUT2D eigenvalue weighted by molar-refractivity contribution is 7.24. The highest BCUT2D eigenvalue weighted by atomic mass is 32.1. The van der Waals surface area contributed by atoms with Gasteiger partial charge in [-0.2, -0.15) is 0 Å². The average Bonchev–Trinajstić information content (AvgIpc) is 3.25. The maximum atomic E-state index is 12.5. The molecular weight excluding hydrogens is 346 g/mol. The lowest BCUT2D eigenvalue weighted by Crippen LogP contribution is -2.57. The lowest BCUT2D eigenvalue weighted by atomic mass is 9.84. The number of fused-ring (bicyclic) bond motifs is 3. The van der Waals surface area contributed by atoms with Gasteiger partial charge in [0, 0.05) is 23.5 Å². The summed E-state index contributed by atoms with van der Waals surface area (Å²) in [5.74, 6) is 0.564. The largest absolute Gasteiger partial charge is 0.347 e. The van der Waals surface area contributed by atoms with Crippen molar-refractivity contribution in [2.45, 2.75) is 18.9 Å². The first-order valence-electron chi connectivity index (χ1n) is 7.98. The second kappa shape index (κ2) is 6.27. The molecule has 3 aliphatic rings. The van der Waals surface area contributed by atoms with Crippen LogP contribution in [0.25, 0.3) is 9.75 Å². The van der Waals surface area contributed by atoms with Gasteiger partial charge >= 0.3 is 5.00 Å². The number of thiophene rings is 2. The van der Waals surface area contributed by atoms with Crippen LogP contribution < -0.4 is 5.32 Å². The Balaban J connectivity index is 1.46. The minimum atomic E-state index is -0.386. The molecular formula is C16H17N3O3S2. The van der Waals surface area contributed by atoms with Crippen LogP contribution in [-0.2, 0) is 0 Å². The molecule has 5 rings (SSSR count). The van der Waals surface area contributed by atoms with Gasteiger partial charge < -0.3 is 10.2 Å². The van der Waals surface area contributed by atoms with E-state index in [1.807, 2.05) is 12.1 Å². The van der Waals surface area contributed by atoms with Gasteiger partial charge in [0.25, 0.3) is 5.91 Å². The van der Waals surface area contributed by atoms with E-state index in [1.165, 1.54) is 30.2 Å². The third kappa shape index (κ3) is 2.97. The third-order valence-electron chi connectivity index (χ3n) is 4.82. The van der Waals surface area contributed by atoms with Crippen LogP contribution in [-0.4, -0.2) is 41.4 Å². The van der Waals surface area contributed by atoms with Crippen molar-refractivity contribution in [2.75, 3.05) is 19.6 Å². The predicted octanol–water partition coefficient (Wildman–Crippen LogP) is 3.21. The lowest BCUT2D eigenvalue weighted by Gasteiger charge is -2.44. The minimum absolute atomic E-state index is 0.0314. The molecule has 3 aliphatic heterocycles. The van der Waals surface area contributed by atoms with E-state index in [0.29, 0.717) is 10.8 Å². The van der Waals surface area contributed by atoms with Crippen LogP contribution in [0.5, 0.6) is 0 Å². The van der Waals surface area contributed by atoms with Crippen LogP contribution in [0.1, 0.15) is 22.5 Å². The quantitative estimate of drug-likeness (QED) is 0.668. The van der Waals surface area contributed by atoms with Crippen LogP contribution in [0.15, 0.2) is 24.3 Å². The fraction of sp³-hybridized carbons (Fsp3) is 0.438. The monoisotopic (exact) mass is 363 g/mol. The lowest BCUT2D eigenvalue weighted by molar-refractivity contribution is -0.380. The topological polar surface area (TPSA) is 75.5 Å². The Morgan fingerprint density at radius 1 is 1.17 bits per heavy atom. The van der Waals surface area contributed by atoms with Gasteiger partial charge in [-0.25, -0.2) is 0 Å². The number of carbonyl (C=O) groups is 1. The van der Waals surface area contributed by atoms with Crippen molar-refractivity contribution in [3.8, 4) is 9.75 Å². The summed E-state index contributed by atoms with van der Waals surface area (Å²) in [5, 5.41) is 14.1. The molecule has 0 radical (unpaired) electrons. The van der Waals surface area contributed by atoms with Crippen molar-refractivity contribution in [2.24, 2.45) is 5.92 Å². The van der Waals surface area contributed by atoms with Crippen molar-refractivity contribution in [1.82, 2.24) is 10.2 Å². The number of amides is 1. The second-order valence-corrected chi connectivity index (χ2v) is 8.42. The summed E-state index contributed by atoms with van der Waals surface area (Å²) in [4.78, 5) is 27.7. The molecule has 126 valence electrons. The standard InChI is InChI=1S/C16H17N3O3S2/c20-16(17-11-9-18-7-5-10(11)6-8-18)14-2-1-12(23-14)13-3-4-15(24-13)19(21)22/h1-4,10-11H,5-9H2,(H,17,20)/t11-/m0/s1. The summed E-state index contributed by atoms with van der Waals surface area (Å²) in [6.45, 7) is 3.25. The Morgan fingerprint density at radius 2 is 1.88 bits per heavy atom. The van der Waals surface area contributed by atoms with Gasteiger partial charge in [0.15, 0.2) is 0 Å². The van der Waals surface area contributed by atoms with E-state index in [1.54, 1.807) is 6.07 Å². The molecule has 2 aromatic heterocycles. The first-order chi connectivity index (χ1) is 11.6. The molecule has 0 unspecified atom stereocenters. The Kier molecular flexibility index (Phi) is 4.11. The van der Waals surface area contributed by atoms with Gasteiger partial charge in [-0.1, -0.05) is 11.3 Å². The number of rotatable bonds is 4. The van der Waals surface area contributed by atoms with Crippen molar-refractivity contribution in [1.29, 1.82) is 0 Å². The van der Waals surface area contributed by atoms with Gasteiger partial charge in [-0.15, -0.1) is 11.3 Å². The van der Waals surface area contributed by atoms with Crippen molar-refractivity contribution in [3.05, 3.63) is 39.3 Å². The molecule has 0 saturated carbocycles. The molecule has 0 spiro atoms. The third-order valence-corrected chi connectivity index (χ3v) is 7.13. The predicted molar refractivity (Wildman–Crippen MR) is 94.7 cm³/mol. The molecule has 3 fully saturated rings. The van der Waals surface area contributed by atoms with E-state index in [-0.39, 0.29) is 21.9 Å². The first kappa shape index (κ1) is 15.7. The fourth-order valence-corrected chi connectivity index (χ4v) is 5.34. The van der Waals surface area contributed by atoms with E-state index in [0.717, 1.165) is 40.7 Å². The smallest absolute Gasteiger partial charge is 0.324 e. The first-order valence-corrected chi connectivity index (χ1v) is 9.61. The summed E-state index contributed by atoms with van der Waals surface area (Å²) in [6, 6.07) is 7.16. The second-order valence-electron chi connectivity index (χ2n) is 6.28. The highest BCUT2D eigenvalue weighted by Crippen LogP contribution is 2.36. The molecule has 8 heteroatoms. The zero-order valence-corrected chi connectivity index (χ0v) is 14.6. The van der Waals surface area contributed by atoms with E-state index < -0.39 is 0 Å². The molecule has 3 saturated heterocycles. The van der Waals surface area contributed by atoms with Gasteiger partial charge in [-0.3, -0.25) is 14.9 Å². The zero-order valence-electron chi connectivity index (χ0n) is 12.9. The molecule has 6 nitrogen and oxygen atoms in total. The molecule has 2 bridgehead atoms. The van der Waals surface area contributed by atoms with E-state index in [9.17, 15) is 14.9 Å². The van der Waals surface area contributed by atoms with Crippen molar-refractivity contribution in [3.63, 3.8) is 0 Å². The summed E-state index contributed by atoms with van der Waals surface area (Å²) in [6.07, 6.45) is 2.33. The maximum absolute atomic E-state index is 12.5. The summed E-state index contributed by atoms with van der Waals surface area (Å²) in [7, 11) is 0. The number of carbonyl (C=O) groups excluding carboxylic acids is 1. The molecule has 2 aromatic rings. The summed E-state index contributed by atoms with van der Waals surface area (Å²) in [5.41, 5.74) is 0. The normalized spacial score (nSPS) is 25.6. The molecule has 24 heavy (non-hydrogen) atoms. The number of piperidine rings is 3. The average molecular weight is 363 g/mol. The number of nitro groups is 1. The Morgan fingerprint density at radius 3 is 2.50 bits per heavy atom. The Labute approximate surface area is 147 Å². The SMILES string of the molecule is O=C(N[C@H]1CN2CCC1CC2)c1ccc(-c2ccc([N+](=O)[O-])s2)s1. The zero-order chi connectivity index (χ0) is 16.7. The van der Waals surface area contributed by atoms with Crippen molar-refractivity contribution >= 4 is 33.6 Å². The number of hydrogen-bond acceptors (Lipinski definition) is 6. The van der Waals surface area contributed by atoms with Gasteiger partial charge in [0.1, 0.15) is 0 Å². The van der Waals surface area contributed by atoms with Crippen LogP contribution in [0.4, 0.5) is 5.00 Å². The van der Waals surface area contributed by atoms with Crippen molar-refractivity contribution < 1.29 is 9.72 Å². The summed E-state index contributed by atoms with van der Waals surface area (Å²) < 4.78 is 0. The highest BCUT2D eigenvalue weighted by Gasteiger charge is 2.35. The molecule has 0 aromatic carbocycles. The van der Waals surface area contributed by atoms with Gasteiger partial charge in [0.2, 0.25) is 0 Å². The van der Waals surface area contributed by atoms with E-state index in [4.69, 9.17) is 0 Å². The van der Waals surface area contributed by atoms with E-state index >= 15 is 0 Å². The molecule has 1 amide bonds. The maximum Gasteiger partial charge on any atom is 0.324 e. The number of nitrogens with one attached hydrogen (secondary N) is 1. The number of nitrogens with zero attached hydrogens (tertiary/aromatic N) is 2. The Bertz CT molecular complexity index is 777. The van der Waals surface area contributed by atoms with Crippen LogP contribution in [0.3, 0.4) is 0 Å². The Hall–Kier alpha value is -1.77. The molecule has 0 aliphatic carbocycles. The van der Waals surface area contributed by atoms with Crippen LogP contribution in [0, 0.1) is 16.0 Å². The fourth-order valence-electron chi connectivity index (χ4n) is 3.52. The van der Waals surface area contributed by atoms with Gasteiger partial charge in [0.05, 0.1) is 14.7 Å². The molecule has 5 heterocycles. The van der Waals surface area contributed by atoms with Crippen LogP contribution >= 0.6 is 22.7 Å². The van der Waals surface area contributed by atoms with Gasteiger partial charge in [-0.05, 0) is 50.0 Å². The molecule has 1 N–H and O–H groups in total. The van der Waals surface area contributed by atoms with Crippen LogP contribution in [0.2, 0.25) is 0 Å².